The molecule has 9 heteroatoms. The standard InChI is InChI=1S/C35H43N5O4/c1-24-6-11-32(44-24)31-21-29(37-27-12-17-40(18-13-27)23-25-7-9-26(10-8-25)35(36)41)28-20-33(42-2)34(22-30(28)38-31)43-19-5-16-39-14-3-4-15-39/h6-11,20-22,27H,3-5,12-19,23H2,1-2H3,(H2,36,41)(H,37,38). The summed E-state index contributed by atoms with van der Waals surface area (Å²) in [5.74, 6) is 2.62. The quantitative estimate of drug-likeness (QED) is 0.196. The van der Waals surface area contributed by atoms with Crippen LogP contribution in [-0.4, -0.2) is 73.2 Å². The second kappa shape index (κ2) is 13.7. The van der Waals surface area contributed by atoms with Crippen LogP contribution in [0.4, 0.5) is 5.69 Å². The maximum atomic E-state index is 11.4. The molecule has 0 bridgehead atoms. The number of nitrogens with zero attached hydrogens (tertiary/aromatic N) is 3. The molecule has 6 rings (SSSR count). The highest BCUT2D eigenvalue weighted by Crippen LogP contribution is 2.38. The van der Waals surface area contributed by atoms with Crippen LogP contribution < -0.4 is 20.5 Å². The Labute approximate surface area is 259 Å². The summed E-state index contributed by atoms with van der Waals surface area (Å²) in [6, 6.07) is 18.0. The van der Waals surface area contributed by atoms with E-state index < -0.39 is 5.91 Å². The number of piperidine rings is 1. The molecule has 2 aliphatic heterocycles. The number of fused-ring (bicyclic) bond motifs is 1. The summed E-state index contributed by atoms with van der Waals surface area (Å²) in [7, 11) is 1.69. The summed E-state index contributed by atoms with van der Waals surface area (Å²) in [4.78, 5) is 21.4. The number of ether oxygens (including phenoxy) is 2. The van der Waals surface area contributed by atoms with Crippen LogP contribution in [0.1, 0.15) is 53.8 Å². The minimum Gasteiger partial charge on any atom is -0.493 e. The van der Waals surface area contributed by atoms with Gasteiger partial charge in [0.1, 0.15) is 11.5 Å². The number of methoxy groups -OCH3 is 1. The molecule has 1 amide bonds. The molecule has 2 fully saturated rings. The molecule has 0 unspecified atom stereocenters. The van der Waals surface area contributed by atoms with Crippen LogP contribution in [-0.2, 0) is 6.54 Å². The predicted molar refractivity (Wildman–Crippen MR) is 173 cm³/mol. The van der Waals surface area contributed by atoms with Gasteiger partial charge in [-0.3, -0.25) is 9.69 Å². The van der Waals surface area contributed by atoms with Gasteiger partial charge in [0.2, 0.25) is 5.91 Å². The number of nitrogens with one attached hydrogen (secondary N) is 1. The highest BCUT2D eigenvalue weighted by molar-refractivity contribution is 5.96. The highest BCUT2D eigenvalue weighted by atomic mass is 16.5. The van der Waals surface area contributed by atoms with Gasteiger partial charge in [-0.05, 0) is 94.1 Å². The number of aromatic nitrogens is 1. The van der Waals surface area contributed by atoms with Crippen LogP contribution in [0.25, 0.3) is 22.4 Å². The minimum atomic E-state index is -0.397. The number of pyridine rings is 1. The first kappa shape index (κ1) is 30.0. The molecule has 44 heavy (non-hydrogen) atoms. The van der Waals surface area contributed by atoms with Crippen molar-refractivity contribution in [2.75, 3.05) is 51.8 Å². The lowest BCUT2D eigenvalue weighted by Gasteiger charge is -2.33. The monoisotopic (exact) mass is 597 g/mol. The molecule has 0 atom stereocenters. The molecule has 0 aliphatic carbocycles. The van der Waals surface area contributed by atoms with E-state index >= 15 is 0 Å². The number of hydrogen-bond donors (Lipinski definition) is 2. The summed E-state index contributed by atoms with van der Waals surface area (Å²) >= 11 is 0. The van der Waals surface area contributed by atoms with Gasteiger partial charge in [-0.1, -0.05) is 12.1 Å². The summed E-state index contributed by atoms with van der Waals surface area (Å²) in [5.41, 5.74) is 9.75. The normalized spacial score (nSPS) is 16.4. The van der Waals surface area contributed by atoms with Gasteiger partial charge in [0.25, 0.3) is 0 Å². The van der Waals surface area contributed by atoms with Crippen molar-refractivity contribution in [3.63, 3.8) is 0 Å². The van der Waals surface area contributed by atoms with Crippen molar-refractivity contribution in [3.05, 3.63) is 71.5 Å². The first-order valence-corrected chi connectivity index (χ1v) is 15.8. The van der Waals surface area contributed by atoms with E-state index in [9.17, 15) is 4.79 Å². The smallest absolute Gasteiger partial charge is 0.248 e. The summed E-state index contributed by atoms with van der Waals surface area (Å²) in [5, 5.41) is 4.83. The van der Waals surface area contributed by atoms with Crippen LogP contribution >= 0.6 is 0 Å². The van der Waals surface area contributed by atoms with E-state index in [0.717, 1.165) is 79.2 Å². The van der Waals surface area contributed by atoms with Gasteiger partial charge in [0, 0.05) is 54.9 Å². The number of anilines is 1. The number of carbonyl (C=O) groups excluding carboxylic acids is 1. The van der Waals surface area contributed by atoms with Gasteiger partial charge >= 0.3 is 0 Å². The zero-order valence-corrected chi connectivity index (χ0v) is 25.8. The highest BCUT2D eigenvalue weighted by Gasteiger charge is 2.22. The Morgan fingerprint density at radius 2 is 1.77 bits per heavy atom. The van der Waals surface area contributed by atoms with Crippen LogP contribution in [0, 0.1) is 6.92 Å². The molecule has 3 N–H and O–H groups in total. The Morgan fingerprint density at radius 3 is 2.45 bits per heavy atom. The second-order valence-electron chi connectivity index (χ2n) is 12.0. The third-order valence-corrected chi connectivity index (χ3v) is 8.75. The molecule has 4 aromatic rings. The summed E-state index contributed by atoms with van der Waals surface area (Å²) in [6.45, 7) is 8.83. The lowest BCUT2D eigenvalue weighted by atomic mass is 10.0. The average molecular weight is 598 g/mol. The van der Waals surface area contributed by atoms with E-state index in [4.69, 9.17) is 24.6 Å². The zero-order chi connectivity index (χ0) is 30.5. The molecule has 0 spiro atoms. The van der Waals surface area contributed by atoms with Crippen molar-refractivity contribution in [3.8, 4) is 23.0 Å². The van der Waals surface area contributed by atoms with E-state index in [1.54, 1.807) is 19.2 Å². The fourth-order valence-electron chi connectivity index (χ4n) is 6.29. The SMILES string of the molecule is COc1cc2c(NC3CCN(Cc4ccc(C(N)=O)cc4)CC3)cc(-c3ccc(C)o3)nc2cc1OCCCN1CCCC1. The van der Waals surface area contributed by atoms with Crippen LogP contribution in [0.15, 0.2) is 59.0 Å². The number of rotatable bonds is 12. The van der Waals surface area contributed by atoms with E-state index in [0.29, 0.717) is 29.7 Å². The number of amides is 1. The number of benzene rings is 2. The van der Waals surface area contributed by atoms with E-state index in [1.807, 2.05) is 43.3 Å². The molecule has 2 aromatic heterocycles. The second-order valence-corrected chi connectivity index (χ2v) is 12.0. The zero-order valence-electron chi connectivity index (χ0n) is 25.8. The first-order valence-electron chi connectivity index (χ1n) is 15.8. The Morgan fingerprint density at radius 1 is 1.00 bits per heavy atom. The fraction of sp³-hybridized carbons (Fsp3) is 0.429. The van der Waals surface area contributed by atoms with Gasteiger partial charge in [-0.2, -0.15) is 0 Å². The van der Waals surface area contributed by atoms with Gasteiger partial charge in [0.15, 0.2) is 17.3 Å². The molecular weight excluding hydrogens is 554 g/mol. The molecular formula is C35H43N5O4. The predicted octanol–water partition coefficient (Wildman–Crippen LogP) is 5.85. The van der Waals surface area contributed by atoms with Gasteiger partial charge in [0.05, 0.1) is 19.2 Å². The molecule has 232 valence electrons. The Balaban J connectivity index is 1.18. The molecule has 4 heterocycles. The third kappa shape index (κ3) is 7.17. The Hall–Kier alpha value is -4.08. The molecule has 2 saturated heterocycles. The topological polar surface area (TPSA) is 106 Å². The maximum absolute atomic E-state index is 11.4. The Bertz CT molecular complexity index is 1570. The van der Waals surface area contributed by atoms with Gasteiger partial charge in [-0.15, -0.1) is 0 Å². The van der Waals surface area contributed by atoms with Crippen LogP contribution in [0.3, 0.4) is 0 Å². The number of furan rings is 1. The van der Waals surface area contributed by atoms with Crippen molar-refractivity contribution in [1.82, 2.24) is 14.8 Å². The lowest BCUT2D eigenvalue weighted by Crippen LogP contribution is -2.38. The van der Waals surface area contributed by atoms with E-state index in [-0.39, 0.29) is 0 Å². The van der Waals surface area contributed by atoms with Crippen molar-refractivity contribution in [2.45, 2.75) is 51.6 Å². The molecule has 0 saturated carbocycles. The molecule has 2 aromatic carbocycles. The third-order valence-electron chi connectivity index (χ3n) is 8.75. The maximum Gasteiger partial charge on any atom is 0.248 e. The number of likely N-dealkylation sites (tertiary alicyclic amines) is 2. The van der Waals surface area contributed by atoms with Crippen molar-refractivity contribution < 1.29 is 18.7 Å². The van der Waals surface area contributed by atoms with E-state index in [1.165, 1.54) is 31.5 Å². The molecule has 2 aliphatic rings. The van der Waals surface area contributed by atoms with Crippen LogP contribution in [0.5, 0.6) is 11.5 Å². The molecule has 0 radical (unpaired) electrons. The van der Waals surface area contributed by atoms with Gasteiger partial charge < -0.3 is 29.8 Å². The lowest BCUT2D eigenvalue weighted by molar-refractivity contribution is 0.1000. The fourth-order valence-corrected chi connectivity index (χ4v) is 6.29. The number of carbonyl (C=O) groups is 1. The van der Waals surface area contributed by atoms with Crippen LogP contribution in [0.2, 0.25) is 0 Å². The number of primary amides is 1. The Kier molecular flexibility index (Phi) is 9.33. The number of aryl methyl sites for hydroxylation is 1. The largest absolute Gasteiger partial charge is 0.493 e. The van der Waals surface area contributed by atoms with Crippen molar-refractivity contribution in [1.29, 1.82) is 0 Å². The average Bonchev–Trinajstić information content (AvgIpc) is 3.72. The number of hydrogen-bond acceptors (Lipinski definition) is 8. The van der Waals surface area contributed by atoms with Crippen molar-refractivity contribution >= 4 is 22.5 Å². The first-order chi connectivity index (χ1) is 21.4. The summed E-state index contributed by atoms with van der Waals surface area (Å²) < 4.78 is 18.0. The van der Waals surface area contributed by atoms with Gasteiger partial charge in [-0.25, -0.2) is 4.98 Å². The van der Waals surface area contributed by atoms with E-state index in [2.05, 4.69) is 21.2 Å². The minimum absolute atomic E-state index is 0.313. The summed E-state index contributed by atoms with van der Waals surface area (Å²) in [6.07, 6.45) is 5.59. The number of nitrogens with two attached hydrogens (primary N) is 1. The molecule has 9 nitrogen and oxygen atoms in total. The van der Waals surface area contributed by atoms with Crippen molar-refractivity contribution in [2.24, 2.45) is 5.73 Å².